The predicted octanol–water partition coefficient (Wildman–Crippen LogP) is 4.46. The summed E-state index contributed by atoms with van der Waals surface area (Å²) in [5.41, 5.74) is 12.7. The summed E-state index contributed by atoms with van der Waals surface area (Å²) < 4.78 is 66.6. The zero-order valence-electron chi connectivity index (χ0n) is 27.0. The van der Waals surface area contributed by atoms with E-state index >= 15 is 0 Å². The molecule has 1 amide bonds. The summed E-state index contributed by atoms with van der Waals surface area (Å²) >= 11 is 1.09. The number of nitrogens with zero attached hydrogens (tertiary/aromatic N) is 4. The second kappa shape index (κ2) is 16.1. The number of thiophene rings is 1. The van der Waals surface area contributed by atoms with Gasteiger partial charge in [-0.1, -0.05) is 12.1 Å². The normalized spacial score (nSPS) is 15.2. The van der Waals surface area contributed by atoms with Gasteiger partial charge in [-0.3, -0.25) is 14.3 Å². The molecule has 1 fully saturated rings. The highest BCUT2D eigenvalue weighted by Gasteiger charge is 2.36. The fraction of sp³-hybridized carbons (Fsp3) is 0.455. The number of primary amides is 1. The van der Waals surface area contributed by atoms with Crippen LogP contribution in [-0.4, -0.2) is 98.1 Å². The first kappa shape index (κ1) is 35.6. The molecule has 1 unspecified atom stereocenters. The summed E-state index contributed by atoms with van der Waals surface area (Å²) in [5.74, 6) is -0.621. The number of carbonyl (C=O) groups excluding carboxylic acids is 1. The van der Waals surface area contributed by atoms with Crippen molar-refractivity contribution >= 4 is 28.3 Å². The van der Waals surface area contributed by atoms with Gasteiger partial charge in [0.15, 0.2) is 0 Å². The van der Waals surface area contributed by atoms with E-state index < -0.39 is 23.8 Å². The molecule has 5 rings (SSSR count). The monoisotopic (exact) mass is 690 g/mol. The van der Waals surface area contributed by atoms with E-state index in [4.69, 9.17) is 30.4 Å². The summed E-state index contributed by atoms with van der Waals surface area (Å²) in [6, 6.07) is 11.4. The molecule has 0 radical (unpaired) electrons. The van der Waals surface area contributed by atoms with Crippen molar-refractivity contribution in [2.24, 2.45) is 11.5 Å². The molecule has 48 heavy (non-hydrogen) atoms. The Bertz CT molecular complexity index is 1670. The highest BCUT2D eigenvalue weighted by atomic mass is 32.1. The lowest BCUT2D eigenvalue weighted by Crippen LogP contribution is -2.43. The summed E-state index contributed by atoms with van der Waals surface area (Å²) in [6.45, 7) is 8.01. The van der Waals surface area contributed by atoms with Crippen LogP contribution in [0.1, 0.15) is 39.4 Å². The molecule has 0 spiro atoms. The van der Waals surface area contributed by atoms with E-state index in [1.165, 1.54) is 19.1 Å². The maximum Gasteiger partial charge on any atom is 0.416 e. The van der Waals surface area contributed by atoms with E-state index in [1.54, 1.807) is 12.4 Å². The van der Waals surface area contributed by atoms with Crippen molar-refractivity contribution in [1.82, 2.24) is 19.4 Å². The van der Waals surface area contributed by atoms with Gasteiger partial charge in [0.1, 0.15) is 40.4 Å². The van der Waals surface area contributed by atoms with Crippen LogP contribution in [0.15, 0.2) is 48.8 Å². The Morgan fingerprint density at radius 1 is 1.00 bits per heavy atom. The van der Waals surface area contributed by atoms with Crippen molar-refractivity contribution in [2.45, 2.75) is 25.7 Å². The molecule has 2 aromatic carbocycles. The molecular weight excluding hydrogens is 649 g/mol. The van der Waals surface area contributed by atoms with E-state index in [0.29, 0.717) is 31.4 Å². The van der Waals surface area contributed by atoms with E-state index in [-0.39, 0.29) is 35.2 Å². The molecule has 3 heterocycles. The largest absolute Gasteiger partial charge is 0.491 e. The third kappa shape index (κ3) is 9.03. The third-order valence-electron chi connectivity index (χ3n) is 7.96. The zero-order chi connectivity index (χ0) is 34.3. The van der Waals surface area contributed by atoms with Crippen molar-refractivity contribution in [2.75, 3.05) is 72.8 Å². The number of benzene rings is 2. The molecule has 0 saturated carbocycles. The number of nitrogens with two attached hydrogens (primary N) is 2. The number of halogens is 3. The van der Waals surface area contributed by atoms with Gasteiger partial charge >= 0.3 is 6.18 Å². The smallest absolute Gasteiger partial charge is 0.416 e. The minimum Gasteiger partial charge on any atom is -0.491 e. The number of imidazole rings is 1. The Hall–Kier alpha value is -3.73. The number of rotatable bonds is 16. The summed E-state index contributed by atoms with van der Waals surface area (Å²) in [5, 5.41) is 0.596. The SMILES string of the molecule is CC(Oc1cc(-n2cnc3ccc(CN4CCN(C)CC4)cc32)sc1C(N)=O)c1ccc(OCCOCCOCCN)cc1C(F)(F)F. The van der Waals surface area contributed by atoms with Crippen LogP contribution in [0.25, 0.3) is 16.0 Å². The number of carbonyl (C=O) groups is 1. The number of hydrogen-bond donors (Lipinski definition) is 2. The van der Waals surface area contributed by atoms with Crippen LogP contribution in [0.2, 0.25) is 0 Å². The van der Waals surface area contributed by atoms with Crippen LogP contribution < -0.4 is 20.9 Å². The number of likely N-dealkylation sites (N-methyl/N-ethyl adjacent to an activating group) is 1. The molecular formula is C33H41F3N6O5S. The number of hydrogen-bond acceptors (Lipinski definition) is 10. The first-order valence-electron chi connectivity index (χ1n) is 15.7. The van der Waals surface area contributed by atoms with Crippen molar-refractivity contribution in [3.05, 3.63) is 70.4 Å². The minimum absolute atomic E-state index is 0.0379. The highest BCUT2D eigenvalue weighted by molar-refractivity contribution is 7.16. The number of fused-ring (bicyclic) bond motifs is 1. The topological polar surface area (TPSA) is 130 Å². The van der Waals surface area contributed by atoms with Crippen LogP contribution in [0.4, 0.5) is 13.2 Å². The first-order chi connectivity index (χ1) is 23.0. The predicted molar refractivity (Wildman–Crippen MR) is 177 cm³/mol. The molecule has 15 heteroatoms. The zero-order valence-corrected chi connectivity index (χ0v) is 27.8. The molecule has 1 saturated heterocycles. The molecule has 0 bridgehead atoms. The van der Waals surface area contributed by atoms with Crippen molar-refractivity contribution in [1.29, 1.82) is 0 Å². The fourth-order valence-electron chi connectivity index (χ4n) is 5.43. The lowest BCUT2D eigenvalue weighted by atomic mass is 10.0. The number of aromatic nitrogens is 2. The van der Waals surface area contributed by atoms with Crippen LogP contribution in [0.5, 0.6) is 11.5 Å². The van der Waals surface area contributed by atoms with Gasteiger partial charge in [-0.05, 0) is 43.8 Å². The molecule has 0 aliphatic carbocycles. The van der Waals surface area contributed by atoms with Gasteiger partial charge < -0.3 is 35.3 Å². The second-order valence-corrected chi connectivity index (χ2v) is 12.6. The van der Waals surface area contributed by atoms with E-state index in [2.05, 4.69) is 34.0 Å². The van der Waals surface area contributed by atoms with Gasteiger partial charge in [-0.15, -0.1) is 11.3 Å². The second-order valence-electron chi connectivity index (χ2n) is 11.5. The van der Waals surface area contributed by atoms with Gasteiger partial charge in [0.2, 0.25) is 0 Å². The van der Waals surface area contributed by atoms with Crippen LogP contribution in [-0.2, 0) is 22.2 Å². The maximum atomic E-state index is 14.2. The third-order valence-corrected chi connectivity index (χ3v) is 9.09. The van der Waals surface area contributed by atoms with Gasteiger partial charge in [-0.2, -0.15) is 13.2 Å². The Labute approximate surface area is 281 Å². The Morgan fingerprint density at radius 3 is 2.44 bits per heavy atom. The van der Waals surface area contributed by atoms with E-state index in [0.717, 1.165) is 66.7 Å². The van der Waals surface area contributed by atoms with Crippen LogP contribution in [0, 0.1) is 0 Å². The first-order valence-corrected chi connectivity index (χ1v) is 16.5. The quantitative estimate of drug-likeness (QED) is 0.164. The van der Waals surface area contributed by atoms with Gasteiger partial charge in [-0.25, -0.2) is 4.98 Å². The Morgan fingerprint density at radius 2 is 1.73 bits per heavy atom. The highest BCUT2D eigenvalue weighted by Crippen LogP contribution is 2.40. The molecule has 1 aliphatic heterocycles. The van der Waals surface area contributed by atoms with Crippen molar-refractivity contribution in [3.8, 4) is 16.5 Å². The van der Waals surface area contributed by atoms with Crippen LogP contribution >= 0.6 is 11.3 Å². The molecule has 2 aromatic heterocycles. The number of amides is 1. The Kier molecular flexibility index (Phi) is 11.9. The van der Waals surface area contributed by atoms with Crippen LogP contribution in [0.3, 0.4) is 0 Å². The Balaban J connectivity index is 1.31. The number of piperazine rings is 1. The molecule has 11 nitrogen and oxygen atoms in total. The fourth-order valence-corrected chi connectivity index (χ4v) is 6.36. The average molecular weight is 691 g/mol. The number of ether oxygens (including phenoxy) is 4. The minimum atomic E-state index is -4.69. The van der Waals surface area contributed by atoms with Gasteiger partial charge in [0, 0.05) is 50.9 Å². The summed E-state index contributed by atoms with van der Waals surface area (Å²) in [4.78, 5) is 21.8. The maximum absolute atomic E-state index is 14.2. The van der Waals surface area contributed by atoms with Gasteiger partial charge in [0.05, 0.1) is 43.0 Å². The summed E-state index contributed by atoms with van der Waals surface area (Å²) in [7, 11) is 2.12. The average Bonchev–Trinajstić information content (AvgIpc) is 3.67. The van der Waals surface area contributed by atoms with E-state index in [1.807, 2.05) is 10.6 Å². The standard InChI is InChI=1S/C33H41F3N6O5S/c1-22(25-5-4-24(18-26(25)33(34,35)36)46-16-15-45-14-13-44-12-7-37)47-29-19-30(48-31(29)32(38)43)42-21-39-27-6-3-23(17-28(27)42)20-41-10-8-40(2)9-11-41/h3-6,17-19,21-22H,7-16,20,37H2,1-2H3,(H2,38,43). The van der Waals surface area contributed by atoms with Gasteiger partial charge in [0.25, 0.3) is 5.91 Å². The molecule has 1 atom stereocenters. The molecule has 260 valence electrons. The molecule has 1 aliphatic rings. The van der Waals surface area contributed by atoms with E-state index in [9.17, 15) is 18.0 Å². The van der Waals surface area contributed by atoms with Crippen molar-refractivity contribution in [3.63, 3.8) is 0 Å². The van der Waals surface area contributed by atoms with Crippen molar-refractivity contribution < 1.29 is 36.9 Å². The molecule has 4 N–H and O–H groups in total. The number of alkyl halides is 3. The summed E-state index contributed by atoms with van der Waals surface area (Å²) in [6.07, 6.45) is -4.12. The molecule has 4 aromatic rings. The lowest BCUT2D eigenvalue weighted by molar-refractivity contribution is -0.139. The lowest BCUT2D eigenvalue weighted by Gasteiger charge is -2.32.